The van der Waals surface area contributed by atoms with Crippen LogP contribution in [0.2, 0.25) is 0 Å². The van der Waals surface area contributed by atoms with Crippen molar-refractivity contribution in [3.05, 3.63) is 119 Å². The van der Waals surface area contributed by atoms with Gasteiger partial charge in [0.05, 0.1) is 6.61 Å². The summed E-state index contributed by atoms with van der Waals surface area (Å²) in [5.41, 5.74) is 3.48. The molecular formula is C33H22N8O. The highest BCUT2D eigenvalue weighted by molar-refractivity contribution is 6.02. The number of aliphatic hydroxyl groups is 1. The normalized spacial score (nSPS) is 12.8. The molecule has 4 aromatic carbocycles. The van der Waals surface area contributed by atoms with Gasteiger partial charge in [-0.15, -0.1) is 0 Å². The predicted octanol–water partition coefficient (Wildman–Crippen LogP) is 5.22. The molecule has 5 N–H and O–H groups in total. The number of benzene rings is 4. The van der Waals surface area contributed by atoms with Crippen molar-refractivity contribution in [2.45, 2.75) is 6.61 Å². The molecule has 1 aliphatic heterocycles. The second-order valence-corrected chi connectivity index (χ2v) is 10.4. The summed E-state index contributed by atoms with van der Waals surface area (Å²) in [6.07, 6.45) is 0. The number of aromatic nitrogens is 4. The number of hydrogen-bond acceptors (Lipinski definition) is 5. The highest BCUT2D eigenvalue weighted by Crippen LogP contribution is 2.36. The Labute approximate surface area is 236 Å². The number of rotatable bonds is 1. The summed E-state index contributed by atoms with van der Waals surface area (Å²) in [5.74, 6) is 2.65. The van der Waals surface area contributed by atoms with Gasteiger partial charge in [0.25, 0.3) is 0 Å². The molecule has 8 aromatic rings. The Kier molecular flexibility index (Phi) is 4.70. The molecule has 8 bridgehead atoms. The van der Waals surface area contributed by atoms with Crippen LogP contribution in [-0.4, -0.2) is 25.0 Å². The minimum Gasteiger partial charge on any atom is -0.392 e. The van der Waals surface area contributed by atoms with Gasteiger partial charge in [-0.1, -0.05) is 91.0 Å². The molecule has 0 spiro atoms. The van der Waals surface area contributed by atoms with E-state index in [1.807, 2.05) is 91.0 Å². The fourth-order valence-electron chi connectivity index (χ4n) is 6.03. The monoisotopic (exact) mass is 546 g/mol. The molecule has 9 nitrogen and oxygen atoms in total. The summed E-state index contributed by atoms with van der Waals surface area (Å²) in [4.78, 5) is 34.1. The van der Waals surface area contributed by atoms with Crippen molar-refractivity contribution in [1.29, 1.82) is 0 Å². The molecule has 4 aromatic heterocycles. The highest BCUT2D eigenvalue weighted by atomic mass is 16.3. The van der Waals surface area contributed by atoms with E-state index in [9.17, 15) is 5.11 Å². The van der Waals surface area contributed by atoms with Gasteiger partial charge in [-0.05, 0) is 5.56 Å². The molecule has 9 rings (SSSR count). The van der Waals surface area contributed by atoms with Crippen molar-refractivity contribution in [1.82, 2.24) is 19.9 Å². The van der Waals surface area contributed by atoms with E-state index in [2.05, 4.69) is 19.9 Å². The van der Waals surface area contributed by atoms with Gasteiger partial charge in [-0.2, -0.15) is 0 Å². The van der Waals surface area contributed by atoms with Gasteiger partial charge in [0.15, 0.2) is 0 Å². The standard InChI is InChI=1S/C33H22N8O/c42-16-17-8-7-15-24-25(17)33-40-31-23-14-6-5-13-22(23)29(38-31)36-27-19-10-2-1-9-18(19)26(34-27)35-28-20-11-3-4-12-21(20)30(37-28)39-32(24)41-33/h1-15,42H,16H2,(H4,34,35,36,37,38,39,40,41). The molecule has 0 saturated heterocycles. The number of hydrogen-bond donors (Lipinski definition) is 5. The van der Waals surface area contributed by atoms with E-state index in [0.717, 1.165) is 48.7 Å². The lowest BCUT2D eigenvalue weighted by molar-refractivity contribution is 0.283. The van der Waals surface area contributed by atoms with Gasteiger partial charge in [-0.25, -0.2) is 20.0 Å². The fraction of sp³-hybridized carbons (Fsp3) is 0.0303. The van der Waals surface area contributed by atoms with E-state index >= 15 is 0 Å². The third-order valence-electron chi connectivity index (χ3n) is 7.97. The van der Waals surface area contributed by atoms with Crippen molar-refractivity contribution >= 4 is 66.4 Å². The zero-order valence-corrected chi connectivity index (χ0v) is 22.1. The first-order chi connectivity index (χ1) is 20.7. The lowest BCUT2D eigenvalue weighted by Crippen LogP contribution is -2.10. The van der Waals surface area contributed by atoms with Crippen LogP contribution in [0.5, 0.6) is 0 Å². The lowest BCUT2D eigenvalue weighted by atomic mass is 10.1. The number of nitrogens with zero attached hydrogens (tertiary/aromatic N) is 4. The maximum Gasteiger partial charge on any atom is 0.142 e. The number of aromatic amines is 4. The van der Waals surface area contributed by atoms with E-state index in [-0.39, 0.29) is 6.61 Å². The summed E-state index contributed by atoms with van der Waals surface area (Å²) in [5, 5.41) is 17.6. The van der Waals surface area contributed by atoms with Gasteiger partial charge < -0.3 is 25.0 Å². The van der Waals surface area contributed by atoms with Gasteiger partial charge in [0.1, 0.15) is 45.2 Å². The molecule has 0 amide bonds. The average Bonchev–Trinajstić information content (AvgIpc) is 3.76. The Morgan fingerprint density at radius 1 is 0.405 bits per heavy atom. The van der Waals surface area contributed by atoms with Crippen molar-refractivity contribution in [3.63, 3.8) is 0 Å². The molecule has 0 radical (unpaired) electrons. The fourth-order valence-corrected chi connectivity index (χ4v) is 6.03. The lowest BCUT2D eigenvalue weighted by Gasteiger charge is -1.99. The van der Waals surface area contributed by atoms with Gasteiger partial charge in [0, 0.05) is 43.1 Å². The maximum absolute atomic E-state index is 10.3. The van der Waals surface area contributed by atoms with Crippen molar-refractivity contribution < 1.29 is 5.11 Å². The SMILES string of the molecule is OCc1cccc2c3[nH]c(c12)N=c1[nH]c(c2ccccc12)=Nc1[nH]c(c2ccccc12)N=c1[nH]c(c2ccccc12)=N3. The summed E-state index contributed by atoms with van der Waals surface area (Å²) in [6.45, 7) is -0.125. The van der Waals surface area contributed by atoms with Crippen LogP contribution in [0.3, 0.4) is 0 Å². The smallest absolute Gasteiger partial charge is 0.142 e. The van der Waals surface area contributed by atoms with Crippen LogP contribution in [0, 0.1) is 0 Å². The first-order valence-corrected chi connectivity index (χ1v) is 13.7. The summed E-state index contributed by atoms with van der Waals surface area (Å²) in [7, 11) is 0. The third-order valence-corrected chi connectivity index (χ3v) is 7.97. The first kappa shape index (κ1) is 23.0. The molecule has 0 aliphatic carbocycles. The first-order valence-electron chi connectivity index (χ1n) is 13.7. The molecular weight excluding hydrogens is 524 g/mol. The maximum atomic E-state index is 10.3. The Balaban J connectivity index is 1.51. The molecule has 9 heteroatoms. The van der Waals surface area contributed by atoms with Crippen molar-refractivity contribution in [2.24, 2.45) is 20.0 Å². The molecule has 0 fully saturated rings. The van der Waals surface area contributed by atoms with Gasteiger partial charge >= 0.3 is 0 Å². The van der Waals surface area contributed by atoms with Crippen molar-refractivity contribution in [2.75, 3.05) is 0 Å². The van der Waals surface area contributed by atoms with E-state index in [1.165, 1.54) is 0 Å². The third kappa shape index (κ3) is 3.28. The largest absolute Gasteiger partial charge is 0.392 e. The quantitative estimate of drug-likeness (QED) is 0.190. The van der Waals surface area contributed by atoms with Crippen LogP contribution in [0.25, 0.3) is 43.1 Å². The van der Waals surface area contributed by atoms with Crippen LogP contribution in [-0.2, 0) is 6.61 Å². The van der Waals surface area contributed by atoms with E-state index in [4.69, 9.17) is 20.0 Å². The molecule has 42 heavy (non-hydrogen) atoms. The summed E-state index contributed by atoms with van der Waals surface area (Å²) >= 11 is 0. The second-order valence-electron chi connectivity index (χ2n) is 10.4. The molecule has 0 saturated carbocycles. The number of H-pyrrole nitrogens is 4. The summed E-state index contributed by atoms with van der Waals surface area (Å²) < 4.78 is 0. The molecule has 1 aliphatic rings. The zero-order valence-electron chi connectivity index (χ0n) is 22.1. The topological polar surface area (TPSA) is 133 Å². The molecule has 0 unspecified atom stereocenters. The van der Waals surface area contributed by atoms with Gasteiger partial charge in [0.2, 0.25) is 0 Å². The minimum atomic E-state index is -0.125. The Morgan fingerprint density at radius 2 is 0.786 bits per heavy atom. The van der Waals surface area contributed by atoms with Crippen LogP contribution in [0.4, 0.5) is 23.3 Å². The van der Waals surface area contributed by atoms with E-state index in [0.29, 0.717) is 45.2 Å². The van der Waals surface area contributed by atoms with Crippen molar-refractivity contribution in [3.8, 4) is 0 Å². The predicted molar refractivity (Wildman–Crippen MR) is 162 cm³/mol. The zero-order chi connectivity index (χ0) is 27.8. The van der Waals surface area contributed by atoms with Crippen LogP contribution in [0.15, 0.2) is 111 Å². The molecule has 200 valence electrons. The number of aliphatic hydroxyl groups excluding tert-OH is 1. The minimum absolute atomic E-state index is 0.125. The van der Waals surface area contributed by atoms with Gasteiger partial charge in [-0.3, -0.25) is 0 Å². The van der Waals surface area contributed by atoms with E-state index < -0.39 is 0 Å². The summed E-state index contributed by atoms with van der Waals surface area (Å²) in [6, 6.07) is 30.0. The Morgan fingerprint density at radius 3 is 1.26 bits per heavy atom. The van der Waals surface area contributed by atoms with Crippen LogP contribution >= 0.6 is 0 Å². The number of fused-ring (bicyclic) bond motifs is 20. The number of nitrogens with one attached hydrogen (secondary N) is 4. The van der Waals surface area contributed by atoms with Crippen LogP contribution in [0.1, 0.15) is 5.56 Å². The molecule has 5 heterocycles. The van der Waals surface area contributed by atoms with Crippen LogP contribution < -0.4 is 22.0 Å². The Hall–Kier alpha value is -5.80. The Bertz CT molecular complexity index is 2630. The highest BCUT2D eigenvalue weighted by Gasteiger charge is 2.16. The molecule has 0 atom stereocenters. The second kappa shape index (κ2) is 8.60. The van der Waals surface area contributed by atoms with E-state index in [1.54, 1.807) is 0 Å². The average molecular weight is 547 g/mol.